The molecule has 92 valence electrons. The van der Waals surface area contributed by atoms with Gasteiger partial charge in [0.05, 0.1) is 16.7 Å². The second-order valence-corrected chi connectivity index (χ2v) is 4.06. The van der Waals surface area contributed by atoms with Crippen LogP contribution < -0.4 is 5.56 Å². The quantitative estimate of drug-likeness (QED) is 0.759. The number of nitrogens with one attached hydrogen (secondary N) is 1. The summed E-state index contributed by atoms with van der Waals surface area (Å²) in [5.41, 5.74) is 2.47. The molecule has 1 N–H and O–H groups in total. The summed E-state index contributed by atoms with van der Waals surface area (Å²) in [5, 5.41) is 0. The predicted octanol–water partition coefficient (Wildman–Crippen LogP) is 2.49. The van der Waals surface area contributed by atoms with Crippen LogP contribution in [0.2, 0.25) is 0 Å². The van der Waals surface area contributed by atoms with E-state index < -0.39 is 0 Å². The lowest BCUT2D eigenvalue weighted by molar-refractivity contribution is 1.19. The summed E-state index contributed by atoms with van der Waals surface area (Å²) in [4.78, 5) is 23.2. The summed E-state index contributed by atoms with van der Waals surface area (Å²) in [7, 11) is 0. The Balaban J connectivity index is 2.04. The number of para-hydroxylation sites is 2. The minimum Gasteiger partial charge on any atom is -0.319 e. The van der Waals surface area contributed by atoms with Crippen LogP contribution in [0.15, 0.2) is 53.5 Å². The SMILES string of the molecule is O=c1[nH]c2ccccc2nc1/C=C/c1ccccn1. The van der Waals surface area contributed by atoms with Crippen LogP contribution >= 0.6 is 0 Å². The van der Waals surface area contributed by atoms with Crippen molar-refractivity contribution in [3.8, 4) is 0 Å². The van der Waals surface area contributed by atoms with Crippen molar-refractivity contribution >= 4 is 23.2 Å². The summed E-state index contributed by atoms with van der Waals surface area (Å²) in [6, 6.07) is 13.1. The Hall–Kier alpha value is -2.75. The fraction of sp³-hybridized carbons (Fsp3) is 0. The van der Waals surface area contributed by atoms with Gasteiger partial charge in [-0.1, -0.05) is 18.2 Å². The molecule has 3 aromatic rings. The van der Waals surface area contributed by atoms with E-state index in [1.807, 2.05) is 42.5 Å². The number of hydrogen-bond donors (Lipinski definition) is 1. The summed E-state index contributed by atoms with van der Waals surface area (Å²) in [6.45, 7) is 0. The Morgan fingerprint density at radius 3 is 2.68 bits per heavy atom. The third-order valence-electron chi connectivity index (χ3n) is 2.73. The molecule has 0 bridgehead atoms. The predicted molar refractivity (Wildman–Crippen MR) is 75.5 cm³/mol. The standard InChI is InChI=1S/C15H11N3O/c19-15-14(9-8-11-5-3-4-10-16-11)17-12-6-1-2-7-13(12)18-15/h1-10H,(H,18,19)/b9-8+. The maximum atomic E-state index is 11.9. The molecule has 0 atom stereocenters. The first kappa shape index (κ1) is 11.3. The number of hydrogen-bond acceptors (Lipinski definition) is 3. The zero-order valence-corrected chi connectivity index (χ0v) is 10.1. The Labute approximate surface area is 109 Å². The van der Waals surface area contributed by atoms with Crippen molar-refractivity contribution in [1.82, 2.24) is 15.0 Å². The lowest BCUT2D eigenvalue weighted by Crippen LogP contribution is -2.11. The molecule has 0 saturated heterocycles. The number of benzene rings is 1. The van der Waals surface area contributed by atoms with Gasteiger partial charge >= 0.3 is 0 Å². The highest BCUT2D eigenvalue weighted by molar-refractivity contribution is 5.76. The monoisotopic (exact) mass is 249 g/mol. The van der Waals surface area contributed by atoms with Crippen molar-refractivity contribution in [2.24, 2.45) is 0 Å². The first-order chi connectivity index (χ1) is 9.33. The smallest absolute Gasteiger partial charge is 0.274 e. The lowest BCUT2D eigenvalue weighted by Gasteiger charge is -1.98. The van der Waals surface area contributed by atoms with Gasteiger partial charge in [-0.2, -0.15) is 0 Å². The normalized spacial score (nSPS) is 11.2. The molecule has 0 unspecified atom stereocenters. The Morgan fingerprint density at radius 2 is 1.84 bits per heavy atom. The summed E-state index contributed by atoms with van der Waals surface area (Å²) < 4.78 is 0. The first-order valence-corrected chi connectivity index (χ1v) is 5.91. The fourth-order valence-corrected chi connectivity index (χ4v) is 1.80. The molecule has 3 rings (SSSR count). The van der Waals surface area contributed by atoms with Crippen molar-refractivity contribution in [1.29, 1.82) is 0 Å². The van der Waals surface area contributed by atoms with E-state index in [4.69, 9.17) is 0 Å². The number of fused-ring (bicyclic) bond motifs is 1. The average Bonchev–Trinajstić information content (AvgIpc) is 2.46. The van der Waals surface area contributed by atoms with Crippen LogP contribution in [0.25, 0.3) is 23.2 Å². The molecule has 4 nitrogen and oxygen atoms in total. The number of pyridine rings is 1. The van der Waals surface area contributed by atoms with Crippen LogP contribution in [0, 0.1) is 0 Å². The topological polar surface area (TPSA) is 58.6 Å². The van der Waals surface area contributed by atoms with Gasteiger partial charge in [0, 0.05) is 6.20 Å². The molecule has 2 aromatic heterocycles. The number of aromatic nitrogens is 3. The van der Waals surface area contributed by atoms with Crippen LogP contribution in [-0.4, -0.2) is 15.0 Å². The van der Waals surface area contributed by atoms with Crippen LogP contribution in [0.1, 0.15) is 11.4 Å². The molecule has 0 saturated carbocycles. The van der Waals surface area contributed by atoms with Crippen molar-refractivity contribution in [2.75, 3.05) is 0 Å². The average molecular weight is 249 g/mol. The summed E-state index contributed by atoms with van der Waals surface area (Å²) in [5.74, 6) is 0. The molecule has 0 amide bonds. The number of aromatic amines is 1. The van der Waals surface area contributed by atoms with E-state index in [1.165, 1.54) is 0 Å². The van der Waals surface area contributed by atoms with E-state index >= 15 is 0 Å². The van der Waals surface area contributed by atoms with Gasteiger partial charge in [0.25, 0.3) is 5.56 Å². The van der Waals surface area contributed by atoms with E-state index in [1.54, 1.807) is 18.3 Å². The second kappa shape index (κ2) is 4.86. The van der Waals surface area contributed by atoms with Crippen LogP contribution in [-0.2, 0) is 0 Å². The van der Waals surface area contributed by atoms with E-state index in [0.29, 0.717) is 5.69 Å². The van der Waals surface area contributed by atoms with Gasteiger partial charge in [-0.05, 0) is 36.4 Å². The number of nitrogens with zero attached hydrogens (tertiary/aromatic N) is 2. The van der Waals surface area contributed by atoms with Crippen molar-refractivity contribution < 1.29 is 0 Å². The van der Waals surface area contributed by atoms with Gasteiger partial charge in [0.2, 0.25) is 0 Å². The molecule has 0 radical (unpaired) electrons. The maximum Gasteiger partial charge on any atom is 0.274 e. The van der Waals surface area contributed by atoms with Gasteiger partial charge in [0.1, 0.15) is 5.69 Å². The Kier molecular flexibility index (Phi) is 2.90. The van der Waals surface area contributed by atoms with Gasteiger partial charge < -0.3 is 4.98 Å². The van der Waals surface area contributed by atoms with Crippen molar-refractivity contribution in [3.63, 3.8) is 0 Å². The maximum absolute atomic E-state index is 11.9. The molecule has 0 aliphatic carbocycles. The van der Waals surface area contributed by atoms with Crippen LogP contribution in [0.3, 0.4) is 0 Å². The first-order valence-electron chi connectivity index (χ1n) is 5.91. The van der Waals surface area contributed by atoms with Crippen molar-refractivity contribution in [2.45, 2.75) is 0 Å². The highest BCUT2D eigenvalue weighted by Gasteiger charge is 2.00. The van der Waals surface area contributed by atoms with Gasteiger partial charge in [-0.25, -0.2) is 4.98 Å². The highest BCUT2D eigenvalue weighted by Crippen LogP contribution is 2.07. The molecule has 1 aromatic carbocycles. The second-order valence-electron chi connectivity index (χ2n) is 4.06. The van der Waals surface area contributed by atoms with Gasteiger partial charge in [-0.3, -0.25) is 9.78 Å². The molecule has 0 spiro atoms. The molecule has 0 aliphatic heterocycles. The van der Waals surface area contributed by atoms with E-state index in [0.717, 1.165) is 16.7 Å². The molecule has 2 heterocycles. The minimum atomic E-state index is -0.203. The van der Waals surface area contributed by atoms with Crippen molar-refractivity contribution in [3.05, 3.63) is 70.4 Å². The fourth-order valence-electron chi connectivity index (χ4n) is 1.80. The molecule has 4 heteroatoms. The zero-order valence-electron chi connectivity index (χ0n) is 10.1. The zero-order chi connectivity index (χ0) is 13.1. The largest absolute Gasteiger partial charge is 0.319 e. The number of rotatable bonds is 2. The van der Waals surface area contributed by atoms with E-state index in [2.05, 4.69) is 15.0 Å². The minimum absolute atomic E-state index is 0.203. The van der Waals surface area contributed by atoms with E-state index in [-0.39, 0.29) is 5.56 Å². The third-order valence-corrected chi connectivity index (χ3v) is 2.73. The Morgan fingerprint density at radius 1 is 1.00 bits per heavy atom. The van der Waals surface area contributed by atoms with Gasteiger partial charge in [0.15, 0.2) is 0 Å². The van der Waals surface area contributed by atoms with E-state index in [9.17, 15) is 4.79 Å². The molecule has 0 aliphatic rings. The summed E-state index contributed by atoms with van der Waals surface area (Å²) >= 11 is 0. The van der Waals surface area contributed by atoms with Crippen LogP contribution in [0.5, 0.6) is 0 Å². The lowest BCUT2D eigenvalue weighted by atomic mass is 10.2. The number of H-pyrrole nitrogens is 1. The summed E-state index contributed by atoms with van der Waals surface area (Å²) in [6.07, 6.45) is 5.15. The van der Waals surface area contributed by atoms with Crippen LogP contribution in [0.4, 0.5) is 0 Å². The Bertz CT molecular complexity index is 791. The molecular weight excluding hydrogens is 238 g/mol. The molecule has 19 heavy (non-hydrogen) atoms. The third kappa shape index (κ3) is 2.42. The highest BCUT2D eigenvalue weighted by atomic mass is 16.1. The molecular formula is C15H11N3O. The molecule has 0 fully saturated rings. The van der Waals surface area contributed by atoms with Gasteiger partial charge in [-0.15, -0.1) is 0 Å².